The molecule has 6 heteroatoms. The summed E-state index contributed by atoms with van der Waals surface area (Å²) in [5, 5.41) is 0.726. The maximum Gasteiger partial charge on any atom is 0.225 e. The van der Waals surface area contributed by atoms with Gasteiger partial charge in [0, 0.05) is 49.0 Å². The molecule has 1 aliphatic heterocycles. The topological polar surface area (TPSA) is 51.7 Å². The number of amides is 1. The van der Waals surface area contributed by atoms with Gasteiger partial charge in [0.15, 0.2) is 11.6 Å². The maximum absolute atomic E-state index is 14.4. The second kappa shape index (κ2) is 8.17. The molecule has 5 nitrogen and oxygen atoms in total. The lowest BCUT2D eigenvalue weighted by molar-refractivity contribution is -0.134. The summed E-state index contributed by atoms with van der Waals surface area (Å²) in [6.07, 6.45) is 5.64. The van der Waals surface area contributed by atoms with Gasteiger partial charge in [-0.1, -0.05) is 12.1 Å². The van der Waals surface area contributed by atoms with Gasteiger partial charge in [-0.3, -0.25) is 9.78 Å². The van der Waals surface area contributed by atoms with Gasteiger partial charge >= 0.3 is 0 Å². The summed E-state index contributed by atoms with van der Waals surface area (Å²) in [5.41, 5.74) is 2.20. The Morgan fingerprint density at radius 1 is 1.03 bits per heavy atom. The van der Waals surface area contributed by atoms with Crippen molar-refractivity contribution in [3.63, 3.8) is 0 Å². The predicted molar refractivity (Wildman–Crippen MR) is 117 cm³/mol. The van der Waals surface area contributed by atoms with Crippen LogP contribution in [0.2, 0.25) is 0 Å². The number of hydrogen-bond donors (Lipinski definition) is 0. The fraction of sp³-hybridized carbons (Fsp3) is 0.360. The molecule has 0 unspecified atom stereocenters. The Morgan fingerprint density at radius 3 is 2.45 bits per heavy atom. The number of carbonyl (C=O) groups excluding carboxylic acids is 1. The van der Waals surface area contributed by atoms with E-state index < -0.39 is 5.82 Å². The molecule has 0 N–H and O–H groups in total. The highest BCUT2D eigenvalue weighted by Gasteiger charge is 2.35. The number of methoxy groups -OCH3 is 1. The first-order valence-corrected chi connectivity index (χ1v) is 10.8. The third-order valence-electron chi connectivity index (χ3n) is 6.15. The third-order valence-corrected chi connectivity index (χ3v) is 6.15. The normalized spacial score (nSPS) is 17.0. The number of halogens is 1. The summed E-state index contributed by atoms with van der Waals surface area (Å²) in [6, 6.07) is 13.2. The largest absolute Gasteiger partial charge is 0.494 e. The molecule has 0 bridgehead atoms. The molecular formula is C25H25FN2O3. The Labute approximate surface area is 180 Å². The van der Waals surface area contributed by atoms with Crippen LogP contribution in [0.25, 0.3) is 22.0 Å². The second-order valence-corrected chi connectivity index (χ2v) is 8.32. The average Bonchev–Trinajstić information content (AvgIpc) is 3.65. The fourth-order valence-corrected chi connectivity index (χ4v) is 4.16. The lowest BCUT2D eigenvalue weighted by Gasteiger charge is -2.32. The second-order valence-electron chi connectivity index (χ2n) is 8.32. The molecule has 5 rings (SSSR count). The van der Waals surface area contributed by atoms with E-state index in [9.17, 15) is 9.18 Å². The highest BCUT2D eigenvalue weighted by Crippen LogP contribution is 2.33. The van der Waals surface area contributed by atoms with Crippen LogP contribution in [0.1, 0.15) is 25.7 Å². The number of fused-ring (bicyclic) bond motifs is 1. The van der Waals surface area contributed by atoms with Crippen molar-refractivity contribution in [1.29, 1.82) is 0 Å². The first kappa shape index (κ1) is 19.8. The van der Waals surface area contributed by atoms with E-state index >= 15 is 0 Å². The van der Waals surface area contributed by atoms with Crippen LogP contribution in [-0.4, -0.2) is 42.1 Å². The summed E-state index contributed by atoms with van der Waals surface area (Å²) in [7, 11) is 1.44. The van der Waals surface area contributed by atoms with E-state index in [1.54, 1.807) is 12.3 Å². The average molecular weight is 420 g/mol. The molecule has 160 valence electrons. The molecule has 2 aliphatic rings. The number of nitrogens with zero attached hydrogens (tertiary/aromatic N) is 2. The van der Waals surface area contributed by atoms with Crippen molar-refractivity contribution >= 4 is 16.8 Å². The van der Waals surface area contributed by atoms with Crippen molar-refractivity contribution in [3.8, 4) is 22.6 Å². The molecule has 1 amide bonds. The number of carbonyl (C=O) groups is 1. The van der Waals surface area contributed by atoms with E-state index in [0.29, 0.717) is 11.4 Å². The molecule has 0 radical (unpaired) electrons. The number of pyridine rings is 1. The Morgan fingerprint density at radius 2 is 1.77 bits per heavy atom. The molecule has 0 atom stereocenters. The molecule has 2 fully saturated rings. The van der Waals surface area contributed by atoms with E-state index in [1.807, 2.05) is 41.3 Å². The summed E-state index contributed by atoms with van der Waals surface area (Å²) < 4.78 is 25.5. The summed E-state index contributed by atoms with van der Waals surface area (Å²) >= 11 is 0. The molecule has 1 aliphatic carbocycles. The van der Waals surface area contributed by atoms with Crippen molar-refractivity contribution in [2.75, 3.05) is 20.2 Å². The van der Waals surface area contributed by atoms with E-state index in [1.165, 1.54) is 7.11 Å². The van der Waals surface area contributed by atoms with E-state index in [0.717, 1.165) is 61.0 Å². The minimum absolute atomic E-state index is 0.134. The van der Waals surface area contributed by atoms with E-state index in [-0.39, 0.29) is 17.8 Å². The number of hydrogen-bond acceptors (Lipinski definition) is 4. The number of aromatic nitrogens is 1. The Balaban J connectivity index is 1.24. The predicted octanol–water partition coefficient (Wildman–Crippen LogP) is 4.83. The Hall–Kier alpha value is -3.15. The van der Waals surface area contributed by atoms with E-state index in [2.05, 4.69) is 4.98 Å². The van der Waals surface area contributed by atoms with Crippen LogP contribution < -0.4 is 9.47 Å². The lowest BCUT2D eigenvalue weighted by atomic mass is 10.0. The summed E-state index contributed by atoms with van der Waals surface area (Å²) in [6.45, 7) is 1.56. The zero-order chi connectivity index (χ0) is 21.4. The van der Waals surface area contributed by atoms with Gasteiger partial charge in [-0.2, -0.15) is 0 Å². The molecule has 1 saturated carbocycles. The number of ether oxygens (including phenoxy) is 2. The highest BCUT2D eigenvalue weighted by molar-refractivity contribution is 5.85. The maximum atomic E-state index is 14.4. The Bertz CT molecular complexity index is 1100. The van der Waals surface area contributed by atoms with Crippen LogP contribution >= 0.6 is 0 Å². The van der Waals surface area contributed by atoms with Crippen molar-refractivity contribution in [1.82, 2.24) is 9.88 Å². The highest BCUT2D eigenvalue weighted by atomic mass is 19.1. The fourth-order valence-electron chi connectivity index (χ4n) is 4.16. The molecule has 0 spiro atoms. The lowest BCUT2D eigenvalue weighted by Crippen LogP contribution is -2.42. The van der Waals surface area contributed by atoms with Gasteiger partial charge in [0.2, 0.25) is 5.91 Å². The van der Waals surface area contributed by atoms with Crippen molar-refractivity contribution < 1.29 is 18.7 Å². The molecule has 1 saturated heterocycles. The first-order valence-electron chi connectivity index (χ1n) is 10.8. The van der Waals surface area contributed by atoms with Crippen LogP contribution in [0.5, 0.6) is 11.5 Å². The van der Waals surface area contributed by atoms with Crippen LogP contribution in [0.15, 0.2) is 48.7 Å². The minimum Gasteiger partial charge on any atom is -0.494 e. The van der Waals surface area contributed by atoms with Crippen LogP contribution in [0.4, 0.5) is 4.39 Å². The number of benzene rings is 2. The number of rotatable bonds is 5. The van der Waals surface area contributed by atoms with Gasteiger partial charge in [0.1, 0.15) is 17.4 Å². The van der Waals surface area contributed by atoms with Crippen molar-refractivity contribution in [2.24, 2.45) is 5.92 Å². The quantitative estimate of drug-likeness (QED) is 0.593. The molecule has 3 aromatic rings. The monoisotopic (exact) mass is 420 g/mol. The summed E-state index contributed by atoms with van der Waals surface area (Å²) in [4.78, 5) is 18.5. The van der Waals surface area contributed by atoms with Crippen LogP contribution in [0.3, 0.4) is 0 Å². The van der Waals surface area contributed by atoms with Gasteiger partial charge < -0.3 is 14.4 Å². The third kappa shape index (κ3) is 4.07. The summed E-state index contributed by atoms with van der Waals surface area (Å²) in [5.74, 6) is 1.18. The molecule has 2 heterocycles. The zero-order valence-corrected chi connectivity index (χ0v) is 17.5. The van der Waals surface area contributed by atoms with E-state index in [4.69, 9.17) is 9.47 Å². The SMILES string of the molecule is COc1ccc2cc(-c3ccc(OC4CCN(C(=O)C5CC5)CC4)cc3)cnc2c1F. The van der Waals surface area contributed by atoms with Crippen molar-refractivity contribution in [2.45, 2.75) is 31.8 Å². The van der Waals surface area contributed by atoms with Crippen LogP contribution in [-0.2, 0) is 4.79 Å². The van der Waals surface area contributed by atoms with Gasteiger partial charge in [-0.15, -0.1) is 0 Å². The number of piperidine rings is 1. The van der Waals surface area contributed by atoms with Gasteiger partial charge in [-0.05, 0) is 48.7 Å². The standard InChI is InChI=1S/C25H25FN2O3/c1-30-22-9-6-18-14-19(15-27-24(18)23(22)26)16-4-7-20(8-5-16)31-21-10-12-28(13-11-21)25(29)17-2-3-17/h4-9,14-15,17,21H,2-3,10-13H2,1H3. The van der Waals surface area contributed by atoms with Gasteiger partial charge in [0.05, 0.1) is 7.11 Å². The van der Waals surface area contributed by atoms with Crippen molar-refractivity contribution in [3.05, 3.63) is 54.5 Å². The molecular weight excluding hydrogens is 395 g/mol. The first-order chi connectivity index (χ1) is 15.1. The van der Waals surface area contributed by atoms with Gasteiger partial charge in [0.25, 0.3) is 0 Å². The molecule has 1 aromatic heterocycles. The Kier molecular flexibility index (Phi) is 5.22. The smallest absolute Gasteiger partial charge is 0.225 e. The van der Waals surface area contributed by atoms with Gasteiger partial charge in [-0.25, -0.2) is 4.39 Å². The molecule has 31 heavy (non-hydrogen) atoms. The molecule has 2 aromatic carbocycles. The zero-order valence-electron chi connectivity index (χ0n) is 17.5. The van der Waals surface area contributed by atoms with Crippen LogP contribution in [0, 0.1) is 11.7 Å². The minimum atomic E-state index is -0.444. The number of likely N-dealkylation sites (tertiary alicyclic amines) is 1.